The Labute approximate surface area is 129 Å². The van der Waals surface area contributed by atoms with E-state index < -0.39 is 11.7 Å². The van der Waals surface area contributed by atoms with Gasteiger partial charge in [0, 0.05) is 0 Å². The van der Waals surface area contributed by atoms with E-state index >= 15 is 0 Å². The third-order valence-corrected chi connectivity index (χ3v) is 3.71. The molecule has 2 rings (SSSR count). The van der Waals surface area contributed by atoms with Crippen LogP contribution in [0, 0.1) is 0 Å². The van der Waals surface area contributed by atoms with Crippen LogP contribution in [0.25, 0.3) is 5.57 Å². The molecule has 0 amide bonds. The molecule has 0 bridgehead atoms. The molecule has 0 saturated heterocycles. The molecule has 3 heteroatoms. The van der Waals surface area contributed by atoms with Crippen molar-refractivity contribution in [2.75, 3.05) is 0 Å². The van der Waals surface area contributed by atoms with E-state index in [2.05, 4.69) is 25.6 Å². The second-order valence-corrected chi connectivity index (χ2v) is 5.36. The topological polar surface area (TPSA) is 0 Å². The van der Waals surface area contributed by atoms with Crippen LogP contribution in [0.1, 0.15) is 35.6 Å². The summed E-state index contributed by atoms with van der Waals surface area (Å²) < 4.78 is 38.2. The second kappa shape index (κ2) is 6.82. The molecule has 0 N–H and O–H groups in total. The zero-order valence-electron chi connectivity index (χ0n) is 12.6. The van der Waals surface area contributed by atoms with Gasteiger partial charge in [-0.3, -0.25) is 0 Å². The van der Waals surface area contributed by atoms with E-state index in [-0.39, 0.29) is 0 Å². The van der Waals surface area contributed by atoms with Crippen LogP contribution in [0.3, 0.4) is 0 Å². The molecule has 0 fully saturated rings. The fourth-order valence-electron chi connectivity index (χ4n) is 2.36. The standard InChI is InChI=1S/C19H19F3/c1-3-15-6-4-7-16(12-15)11-10-14(2)17-8-5-9-18(13-17)19(20,21)22/h4-9,12-13H,2-3,10-11H2,1H3. The molecule has 0 aliphatic heterocycles. The van der Waals surface area contributed by atoms with Crippen molar-refractivity contribution in [3.05, 3.63) is 77.4 Å². The lowest BCUT2D eigenvalue weighted by atomic mass is 9.97. The molecule has 0 nitrogen and oxygen atoms in total. The normalized spacial score (nSPS) is 11.5. The summed E-state index contributed by atoms with van der Waals surface area (Å²) in [6, 6.07) is 13.6. The van der Waals surface area contributed by atoms with E-state index in [1.165, 1.54) is 23.3 Å². The SMILES string of the molecule is C=C(CCc1cccc(CC)c1)c1cccc(C(F)(F)F)c1. The Bertz CT molecular complexity index is 654. The highest BCUT2D eigenvalue weighted by Crippen LogP contribution is 2.31. The minimum absolute atomic E-state index is 0.557. The molecule has 116 valence electrons. The summed E-state index contributed by atoms with van der Waals surface area (Å²) in [4.78, 5) is 0. The Morgan fingerprint density at radius 1 is 1.00 bits per heavy atom. The average molecular weight is 304 g/mol. The molecule has 0 heterocycles. The van der Waals surface area contributed by atoms with Gasteiger partial charge in [-0.1, -0.05) is 49.9 Å². The van der Waals surface area contributed by atoms with E-state index in [9.17, 15) is 13.2 Å². The Hall–Kier alpha value is -2.03. The molecular weight excluding hydrogens is 285 g/mol. The molecule has 2 aromatic carbocycles. The lowest BCUT2D eigenvalue weighted by Crippen LogP contribution is -2.05. The molecular formula is C19H19F3. The number of hydrogen-bond acceptors (Lipinski definition) is 0. The number of benzene rings is 2. The summed E-state index contributed by atoms with van der Waals surface area (Å²) >= 11 is 0. The Kier molecular flexibility index (Phi) is 5.07. The van der Waals surface area contributed by atoms with Crippen molar-refractivity contribution in [1.29, 1.82) is 0 Å². The first-order chi connectivity index (χ1) is 10.4. The van der Waals surface area contributed by atoms with Gasteiger partial charge in [0.25, 0.3) is 0 Å². The summed E-state index contributed by atoms with van der Waals surface area (Å²) in [5.41, 5.74) is 3.11. The first kappa shape index (κ1) is 16.3. The molecule has 0 spiro atoms. The van der Waals surface area contributed by atoms with Gasteiger partial charge in [0.1, 0.15) is 0 Å². The van der Waals surface area contributed by atoms with Crippen LogP contribution >= 0.6 is 0 Å². The summed E-state index contributed by atoms with van der Waals surface area (Å²) in [6.45, 7) is 6.04. The monoisotopic (exact) mass is 304 g/mol. The maximum absolute atomic E-state index is 12.7. The summed E-state index contributed by atoms with van der Waals surface area (Å²) in [6.07, 6.45) is -1.91. The number of hydrogen-bond donors (Lipinski definition) is 0. The van der Waals surface area contributed by atoms with Crippen molar-refractivity contribution in [2.24, 2.45) is 0 Å². The zero-order chi connectivity index (χ0) is 16.2. The van der Waals surface area contributed by atoms with Crippen molar-refractivity contribution >= 4 is 5.57 Å². The fraction of sp³-hybridized carbons (Fsp3) is 0.263. The van der Waals surface area contributed by atoms with E-state index in [4.69, 9.17) is 0 Å². The van der Waals surface area contributed by atoms with Crippen LogP contribution < -0.4 is 0 Å². The van der Waals surface area contributed by atoms with Gasteiger partial charge in [-0.15, -0.1) is 0 Å². The summed E-state index contributed by atoms with van der Waals surface area (Å²) in [7, 11) is 0. The molecule has 0 unspecified atom stereocenters. The van der Waals surface area contributed by atoms with Crippen LogP contribution in [0.15, 0.2) is 55.1 Å². The highest BCUT2D eigenvalue weighted by molar-refractivity contribution is 5.64. The highest BCUT2D eigenvalue weighted by Gasteiger charge is 2.30. The Morgan fingerprint density at radius 3 is 2.36 bits per heavy atom. The van der Waals surface area contributed by atoms with Crippen molar-refractivity contribution < 1.29 is 13.2 Å². The molecule has 0 aliphatic carbocycles. The number of aryl methyl sites for hydroxylation is 2. The van der Waals surface area contributed by atoms with Gasteiger partial charge < -0.3 is 0 Å². The average Bonchev–Trinajstić information content (AvgIpc) is 2.52. The predicted octanol–water partition coefficient (Wildman–Crippen LogP) is 5.91. The van der Waals surface area contributed by atoms with Crippen LogP contribution in [-0.2, 0) is 19.0 Å². The van der Waals surface area contributed by atoms with Gasteiger partial charge in [0.15, 0.2) is 0 Å². The predicted molar refractivity (Wildman–Crippen MR) is 84.6 cm³/mol. The van der Waals surface area contributed by atoms with Crippen LogP contribution in [0.5, 0.6) is 0 Å². The van der Waals surface area contributed by atoms with Crippen molar-refractivity contribution in [2.45, 2.75) is 32.4 Å². The van der Waals surface area contributed by atoms with Crippen molar-refractivity contribution in [3.63, 3.8) is 0 Å². The molecule has 22 heavy (non-hydrogen) atoms. The van der Waals surface area contributed by atoms with Crippen LogP contribution in [0.4, 0.5) is 13.2 Å². The molecule has 0 atom stereocenters. The third kappa shape index (κ3) is 4.23. The lowest BCUT2D eigenvalue weighted by molar-refractivity contribution is -0.137. The molecule has 0 radical (unpaired) electrons. The number of alkyl halides is 3. The van der Waals surface area contributed by atoms with Crippen LogP contribution in [-0.4, -0.2) is 0 Å². The van der Waals surface area contributed by atoms with E-state index in [0.717, 1.165) is 24.5 Å². The zero-order valence-corrected chi connectivity index (χ0v) is 12.6. The van der Waals surface area contributed by atoms with E-state index in [1.54, 1.807) is 6.07 Å². The molecule has 0 aliphatic rings. The number of allylic oxidation sites excluding steroid dienone is 1. The van der Waals surface area contributed by atoms with Crippen LogP contribution in [0.2, 0.25) is 0 Å². The van der Waals surface area contributed by atoms with Gasteiger partial charge in [-0.05, 0) is 53.7 Å². The minimum Gasteiger partial charge on any atom is -0.166 e. The number of rotatable bonds is 5. The quantitative estimate of drug-likeness (QED) is 0.643. The number of halogens is 3. The molecule has 2 aromatic rings. The first-order valence-corrected chi connectivity index (χ1v) is 7.33. The van der Waals surface area contributed by atoms with Gasteiger partial charge in [0.05, 0.1) is 5.56 Å². The van der Waals surface area contributed by atoms with Gasteiger partial charge >= 0.3 is 6.18 Å². The Balaban J connectivity index is 2.06. The smallest absolute Gasteiger partial charge is 0.166 e. The van der Waals surface area contributed by atoms with E-state index in [1.807, 2.05) is 12.1 Å². The largest absolute Gasteiger partial charge is 0.416 e. The minimum atomic E-state index is -4.31. The van der Waals surface area contributed by atoms with Crippen molar-refractivity contribution in [1.82, 2.24) is 0 Å². The third-order valence-electron chi connectivity index (χ3n) is 3.71. The second-order valence-electron chi connectivity index (χ2n) is 5.36. The lowest BCUT2D eigenvalue weighted by Gasteiger charge is -2.11. The Morgan fingerprint density at radius 2 is 1.68 bits per heavy atom. The maximum Gasteiger partial charge on any atom is 0.416 e. The molecule has 0 aromatic heterocycles. The fourth-order valence-corrected chi connectivity index (χ4v) is 2.36. The van der Waals surface area contributed by atoms with Crippen molar-refractivity contribution in [3.8, 4) is 0 Å². The first-order valence-electron chi connectivity index (χ1n) is 7.33. The molecule has 0 saturated carbocycles. The van der Waals surface area contributed by atoms with Gasteiger partial charge in [0.2, 0.25) is 0 Å². The summed E-state index contributed by atoms with van der Waals surface area (Å²) in [5.74, 6) is 0. The van der Waals surface area contributed by atoms with Gasteiger partial charge in [-0.2, -0.15) is 13.2 Å². The van der Waals surface area contributed by atoms with E-state index in [0.29, 0.717) is 12.0 Å². The van der Waals surface area contributed by atoms with Gasteiger partial charge in [-0.25, -0.2) is 0 Å². The maximum atomic E-state index is 12.7. The highest BCUT2D eigenvalue weighted by atomic mass is 19.4. The summed E-state index contributed by atoms with van der Waals surface area (Å²) in [5, 5.41) is 0.